The fraction of sp³-hybridized carbons (Fsp3) is 0.800. The number of carbonyl (C=O) groups excluding carboxylic acids is 1. The first kappa shape index (κ1) is 7.82. The number of carbonyl (C=O) groups is 1. The van der Waals surface area contributed by atoms with Gasteiger partial charge in [0.25, 0.3) is 0 Å². The maximum absolute atomic E-state index is 9.75. The van der Waals surface area contributed by atoms with E-state index >= 15 is 0 Å². The number of carboxylic acids is 1. The number of hydrogen-bond acceptors (Lipinski definition) is 3. The second kappa shape index (κ2) is 4.97. The number of thioether (sulfide) groups is 1. The third-order valence-corrected chi connectivity index (χ3v) is 1.56. The van der Waals surface area contributed by atoms with Crippen LogP contribution in [-0.4, -0.2) is 17.5 Å². The van der Waals surface area contributed by atoms with Crippen molar-refractivity contribution < 1.29 is 9.90 Å². The molecule has 0 heterocycles. The van der Waals surface area contributed by atoms with Gasteiger partial charge in [-0.1, -0.05) is 6.92 Å². The lowest BCUT2D eigenvalue weighted by Gasteiger charge is -1.97. The van der Waals surface area contributed by atoms with Crippen LogP contribution >= 0.6 is 11.8 Å². The van der Waals surface area contributed by atoms with E-state index in [9.17, 15) is 9.90 Å². The molecule has 0 aromatic rings. The lowest BCUT2D eigenvalue weighted by atomic mass is 10.5. The molecule has 0 rings (SSSR count). The first-order valence-electron chi connectivity index (χ1n) is 2.55. The van der Waals surface area contributed by atoms with E-state index in [1.54, 1.807) is 11.8 Å². The van der Waals surface area contributed by atoms with Gasteiger partial charge in [-0.05, 0) is 17.9 Å². The van der Waals surface area contributed by atoms with Crippen LogP contribution in [0.3, 0.4) is 0 Å². The zero-order valence-electron chi connectivity index (χ0n) is 4.85. The van der Waals surface area contributed by atoms with E-state index in [0.29, 0.717) is 5.75 Å². The van der Waals surface area contributed by atoms with E-state index in [1.807, 2.05) is 6.92 Å². The fourth-order valence-electron chi connectivity index (χ4n) is 0.300. The van der Waals surface area contributed by atoms with E-state index in [0.717, 1.165) is 5.75 Å². The molecule has 0 aliphatic heterocycles. The molecule has 48 valence electrons. The molecule has 0 saturated heterocycles. The van der Waals surface area contributed by atoms with Crippen LogP contribution < -0.4 is 5.11 Å². The van der Waals surface area contributed by atoms with Crippen molar-refractivity contribution in [1.82, 2.24) is 0 Å². The van der Waals surface area contributed by atoms with Gasteiger partial charge in [-0.25, -0.2) is 0 Å². The molecule has 0 spiro atoms. The van der Waals surface area contributed by atoms with Gasteiger partial charge in [0.1, 0.15) is 0 Å². The maximum Gasteiger partial charge on any atom is 0.0422 e. The summed E-state index contributed by atoms with van der Waals surface area (Å²) in [5, 5.41) is 9.75. The van der Waals surface area contributed by atoms with E-state index in [-0.39, 0.29) is 6.42 Å². The van der Waals surface area contributed by atoms with Crippen molar-refractivity contribution in [2.45, 2.75) is 13.3 Å². The minimum atomic E-state index is -0.953. The lowest BCUT2D eigenvalue weighted by Crippen LogP contribution is -2.22. The second-order valence-electron chi connectivity index (χ2n) is 1.32. The summed E-state index contributed by atoms with van der Waals surface area (Å²) in [6.45, 7) is 2.00. The van der Waals surface area contributed by atoms with E-state index in [2.05, 4.69) is 0 Å². The predicted octanol–water partition coefficient (Wildman–Crippen LogP) is -0.121. The highest BCUT2D eigenvalue weighted by Gasteiger charge is 1.84. The highest BCUT2D eigenvalue weighted by molar-refractivity contribution is 7.99. The Balaban J connectivity index is 2.82. The molecule has 8 heavy (non-hydrogen) atoms. The van der Waals surface area contributed by atoms with Crippen LogP contribution in [0.1, 0.15) is 13.3 Å². The third-order valence-electron chi connectivity index (χ3n) is 0.655. The second-order valence-corrected chi connectivity index (χ2v) is 2.71. The van der Waals surface area contributed by atoms with Crippen molar-refractivity contribution >= 4 is 17.7 Å². The van der Waals surface area contributed by atoms with Crippen LogP contribution in [0.25, 0.3) is 0 Å². The van der Waals surface area contributed by atoms with Gasteiger partial charge in [0.2, 0.25) is 0 Å². The van der Waals surface area contributed by atoms with Crippen LogP contribution in [0, 0.1) is 0 Å². The van der Waals surface area contributed by atoms with Gasteiger partial charge in [-0.15, -0.1) is 0 Å². The van der Waals surface area contributed by atoms with Crippen LogP contribution in [0.5, 0.6) is 0 Å². The standard InChI is InChI=1S/C5H10O2S/c1-2-8-4-3-5(6)7/h2-4H2,1H3,(H,6,7)/p-1. The smallest absolute Gasteiger partial charge is 0.0422 e. The lowest BCUT2D eigenvalue weighted by molar-refractivity contribution is -0.305. The minimum absolute atomic E-state index is 0.179. The Morgan fingerprint density at radius 2 is 2.38 bits per heavy atom. The topological polar surface area (TPSA) is 40.1 Å². The third kappa shape index (κ3) is 5.82. The Hall–Kier alpha value is -0.180. The maximum atomic E-state index is 9.75. The number of rotatable bonds is 4. The average Bonchev–Trinajstić information content (AvgIpc) is 1.66. The normalized spacial score (nSPS) is 9.12. The number of aliphatic carboxylic acids is 1. The van der Waals surface area contributed by atoms with Gasteiger partial charge < -0.3 is 9.90 Å². The molecule has 2 nitrogen and oxygen atoms in total. The first-order chi connectivity index (χ1) is 3.77. The number of carboxylic acid groups (broad SMARTS) is 1. The van der Waals surface area contributed by atoms with Crippen molar-refractivity contribution in [3.63, 3.8) is 0 Å². The predicted molar refractivity (Wildman–Crippen MR) is 32.6 cm³/mol. The summed E-state index contributed by atoms with van der Waals surface area (Å²) < 4.78 is 0. The van der Waals surface area contributed by atoms with E-state index < -0.39 is 5.97 Å². The molecular weight excluding hydrogens is 124 g/mol. The van der Waals surface area contributed by atoms with Gasteiger partial charge in [-0.3, -0.25) is 0 Å². The van der Waals surface area contributed by atoms with Crippen molar-refractivity contribution in [2.24, 2.45) is 0 Å². The first-order valence-corrected chi connectivity index (χ1v) is 3.70. The van der Waals surface area contributed by atoms with Crippen LogP contribution in [0.15, 0.2) is 0 Å². The fourth-order valence-corrected chi connectivity index (χ4v) is 0.900. The molecule has 0 aromatic heterocycles. The van der Waals surface area contributed by atoms with Gasteiger partial charge in [0.05, 0.1) is 0 Å². The summed E-state index contributed by atoms with van der Waals surface area (Å²) in [5.74, 6) is 0.706. The molecule has 0 radical (unpaired) electrons. The van der Waals surface area contributed by atoms with Gasteiger partial charge in [0, 0.05) is 5.97 Å². The van der Waals surface area contributed by atoms with Crippen molar-refractivity contribution in [1.29, 1.82) is 0 Å². The molecule has 0 aliphatic carbocycles. The molecule has 0 fully saturated rings. The largest absolute Gasteiger partial charge is 0.550 e. The summed E-state index contributed by atoms with van der Waals surface area (Å²) in [5.41, 5.74) is 0. The highest BCUT2D eigenvalue weighted by Crippen LogP contribution is 1.98. The Bertz CT molecular complexity index is 72.8. The summed E-state index contributed by atoms with van der Waals surface area (Å²) in [7, 11) is 0. The molecule has 0 aromatic carbocycles. The summed E-state index contributed by atoms with van der Waals surface area (Å²) in [4.78, 5) is 9.75. The SMILES string of the molecule is CCSCCC(=O)[O-]. The van der Waals surface area contributed by atoms with Crippen molar-refractivity contribution in [2.75, 3.05) is 11.5 Å². The molecule has 0 unspecified atom stereocenters. The molecule has 3 heteroatoms. The summed E-state index contributed by atoms with van der Waals surface area (Å²) in [6, 6.07) is 0. The zero-order chi connectivity index (χ0) is 6.41. The van der Waals surface area contributed by atoms with Gasteiger partial charge in [-0.2, -0.15) is 11.8 Å². The van der Waals surface area contributed by atoms with Gasteiger partial charge >= 0.3 is 0 Å². The van der Waals surface area contributed by atoms with Crippen molar-refractivity contribution in [3.8, 4) is 0 Å². The van der Waals surface area contributed by atoms with Crippen molar-refractivity contribution in [3.05, 3.63) is 0 Å². The summed E-state index contributed by atoms with van der Waals surface area (Å²) in [6.07, 6.45) is 0.179. The molecule has 0 atom stereocenters. The Morgan fingerprint density at radius 3 is 2.75 bits per heavy atom. The monoisotopic (exact) mass is 133 g/mol. The zero-order valence-corrected chi connectivity index (χ0v) is 5.66. The Kier molecular flexibility index (Phi) is 4.85. The Labute approximate surface area is 53.3 Å². The van der Waals surface area contributed by atoms with Gasteiger partial charge in [0.15, 0.2) is 0 Å². The van der Waals surface area contributed by atoms with E-state index in [4.69, 9.17) is 0 Å². The highest BCUT2D eigenvalue weighted by atomic mass is 32.2. The van der Waals surface area contributed by atoms with E-state index in [1.165, 1.54) is 0 Å². The quantitative estimate of drug-likeness (QED) is 0.502. The number of hydrogen-bond donors (Lipinski definition) is 0. The Morgan fingerprint density at radius 1 is 1.75 bits per heavy atom. The molecule has 0 bridgehead atoms. The molecule has 0 N–H and O–H groups in total. The molecule has 0 saturated carbocycles. The molecular formula is C5H9O2S-. The minimum Gasteiger partial charge on any atom is -0.550 e. The van der Waals surface area contributed by atoms with Crippen LogP contribution in [-0.2, 0) is 4.79 Å². The molecule has 0 aliphatic rings. The molecule has 0 amide bonds. The summed E-state index contributed by atoms with van der Waals surface area (Å²) >= 11 is 1.62. The van der Waals surface area contributed by atoms with Crippen LogP contribution in [0.4, 0.5) is 0 Å². The average molecular weight is 133 g/mol. The van der Waals surface area contributed by atoms with Crippen LogP contribution in [0.2, 0.25) is 0 Å².